The van der Waals surface area contributed by atoms with Crippen LogP contribution in [-0.2, 0) is 0 Å². The quantitative estimate of drug-likeness (QED) is 0.663. The Morgan fingerprint density at radius 2 is 2.10 bits per heavy atom. The molecule has 0 atom stereocenters. The van der Waals surface area contributed by atoms with Gasteiger partial charge >= 0.3 is 11.6 Å². The van der Waals surface area contributed by atoms with Gasteiger partial charge in [0.1, 0.15) is 17.2 Å². The van der Waals surface area contributed by atoms with Crippen molar-refractivity contribution in [2.75, 3.05) is 12.8 Å². The van der Waals surface area contributed by atoms with Crippen LogP contribution in [0.2, 0.25) is 0 Å². The van der Waals surface area contributed by atoms with Crippen LogP contribution in [0.4, 0.5) is 11.6 Å². The molecule has 8 nitrogen and oxygen atoms in total. The lowest BCUT2D eigenvalue weighted by Gasteiger charge is -2.09. The predicted octanol–water partition coefficient (Wildman–Crippen LogP) is 2.84. The van der Waals surface area contributed by atoms with E-state index in [1.54, 1.807) is 18.2 Å². The fraction of sp³-hybridized carbons (Fsp3) is 0.167. The maximum atomic E-state index is 11.1. The largest absolute Gasteiger partial charge is 0.497 e. The minimum atomic E-state index is -0.610. The Labute approximate surface area is 128 Å². The molecule has 2 aromatic rings. The smallest absolute Gasteiger partial charge is 0.352 e. The van der Waals surface area contributed by atoms with Gasteiger partial charge in [-0.1, -0.05) is 0 Å². The molecule has 2 N–H and O–H groups in total. The first-order valence-electron chi connectivity index (χ1n) is 5.72. The lowest BCUT2D eigenvalue weighted by molar-refractivity contribution is -0.386. The Kier molecular flexibility index (Phi) is 4.22. The molecule has 0 spiro atoms. The van der Waals surface area contributed by atoms with Crippen molar-refractivity contribution in [3.63, 3.8) is 0 Å². The molecule has 0 fully saturated rings. The highest BCUT2D eigenvalue weighted by atomic mass is 79.9. The predicted molar refractivity (Wildman–Crippen MR) is 78.6 cm³/mol. The first-order chi connectivity index (χ1) is 9.92. The van der Waals surface area contributed by atoms with E-state index >= 15 is 0 Å². The van der Waals surface area contributed by atoms with Crippen molar-refractivity contribution in [2.24, 2.45) is 0 Å². The normalized spacial score (nSPS) is 10.2. The van der Waals surface area contributed by atoms with Gasteiger partial charge in [0.2, 0.25) is 5.95 Å². The van der Waals surface area contributed by atoms with Gasteiger partial charge in [-0.15, -0.1) is 0 Å². The molecule has 1 aromatic heterocycles. The standard InChI is InChI=1S/C12H11BrN4O4/c1-6-10(17(18)19)11(16-12(14)15-6)21-9-4-3-7(20-2)5-8(9)13/h3-5H,1-2H3,(H2,14,15,16). The molecule has 1 heterocycles. The first-order valence-corrected chi connectivity index (χ1v) is 6.51. The fourth-order valence-electron chi connectivity index (χ4n) is 1.64. The van der Waals surface area contributed by atoms with Gasteiger partial charge in [0.05, 0.1) is 16.5 Å². The van der Waals surface area contributed by atoms with Crippen LogP contribution in [0.5, 0.6) is 17.4 Å². The van der Waals surface area contributed by atoms with Crippen LogP contribution in [0.1, 0.15) is 5.69 Å². The summed E-state index contributed by atoms with van der Waals surface area (Å²) in [4.78, 5) is 18.0. The Morgan fingerprint density at radius 1 is 1.38 bits per heavy atom. The Morgan fingerprint density at radius 3 is 2.67 bits per heavy atom. The molecule has 0 aliphatic carbocycles. The summed E-state index contributed by atoms with van der Waals surface area (Å²) in [6.45, 7) is 1.46. The number of hydrogen-bond donors (Lipinski definition) is 1. The van der Waals surface area contributed by atoms with Gasteiger partial charge in [-0.25, -0.2) is 4.98 Å². The molecule has 0 amide bonds. The number of rotatable bonds is 4. The van der Waals surface area contributed by atoms with Gasteiger partial charge in [-0.05, 0) is 41.1 Å². The van der Waals surface area contributed by atoms with E-state index in [-0.39, 0.29) is 23.2 Å². The van der Waals surface area contributed by atoms with Gasteiger partial charge in [-0.2, -0.15) is 4.98 Å². The number of halogens is 1. The second-order valence-electron chi connectivity index (χ2n) is 3.98. The summed E-state index contributed by atoms with van der Waals surface area (Å²) in [7, 11) is 1.53. The molecule has 0 saturated heterocycles. The van der Waals surface area contributed by atoms with Crippen LogP contribution in [0.3, 0.4) is 0 Å². The van der Waals surface area contributed by atoms with Crippen molar-refractivity contribution in [3.05, 3.63) is 38.5 Å². The number of methoxy groups -OCH3 is 1. The van der Waals surface area contributed by atoms with Crippen LogP contribution in [0.25, 0.3) is 0 Å². The summed E-state index contributed by atoms with van der Waals surface area (Å²) in [5.41, 5.74) is 5.31. The third kappa shape index (κ3) is 3.19. The number of nitrogens with zero attached hydrogens (tertiary/aromatic N) is 3. The number of aromatic nitrogens is 2. The van der Waals surface area contributed by atoms with E-state index in [0.717, 1.165) is 0 Å². The SMILES string of the molecule is COc1ccc(Oc2nc(N)nc(C)c2[N+](=O)[O-])c(Br)c1. The Hall–Kier alpha value is -2.42. The van der Waals surface area contributed by atoms with E-state index < -0.39 is 4.92 Å². The van der Waals surface area contributed by atoms with Gasteiger partial charge in [0.25, 0.3) is 0 Å². The third-order valence-corrected chi connectivity index (χ3v) is 3.19. The van der Waals surface area contributed by atoms with Crippen molar-refractivity contribution < 1.29 is 14.4 Å². The number of nitrogen functional groups attached to an aromatic ring is 1. The summed E-state index contributed by atoms with van der Waals surface area (Å²) in [6, 6.07) is 4.92. The minimum Gasteiger partial charge on any atom is -0.497 e. The number of ether oxygens (including phenoxy) is 2. The third-order valence-electron chi connectivity index (χ3n) is 2.57. The number of aryl methyl sites for hydroxylation is 1. The molecule has 0 aliphatic rings. The van der Waals surface area contributed by atoms with Crippen LogP contribution in [0, 0.1) is 17.0 Å². The van der Waals surface area contributed by atoms with E-state index in [9.17, 15) is 10.1 Å². The molecule has 0 aliphatic heterocycles. The summed E-state index contributed by atoms with van der Waals surface area (Å²) in [5.74, 6) is 0.645. The highest BCUT2D eigenvalue weighted by Gasteiger charge is 2.24. The molecule has 1 aromatic carbocycles. The topological polar surface area (TPSA) is 113 Å². The number of nitrogens with two attached hydrogens (primary N) is 1. The van der Waals surface area contributed by atoms with Crippen LogP contribution in [0.15, 0.2) is 22.7 Å². The van der Waals surface area contributed by atoms with Crippen LogP contribution < -0.4 is 15.2 Å². The van der Waals surface area contributed by atoms with Crippen molar-refractivity contribution in [2.45, 2.75) is 6.92 Å². The molecular formula is C12H11BrN4O4. The summed E-state index contributed by atoms with van der Waals surface area (Å²) in [5, 5.41) is 11.1. The fourth-order valence-corrected chi connectivity index (χ4v) is 2.08. The molecule has 0 saturated carbocycles. The molecular weight excluding hydrogens is 344 g/mol. The number of anilines is 1. The van der Waals surface area contributed by atoms with Crippen molar-refractivity contribution in [1.82, 2.24) is 9.97 Å². The summed E-state index contributed by atoms with van der Waals surface area (Å²) < 4.78 is 11.1. The highest BCUT2D eigenvalue weighted by Crippen LogP contribution is 2.36. The van der Waals surface area contributed by atoms with Crippen LogP contribution in [-0.4, -0.2) is 22.0 Å². The number of hydrogen-bond acceptors (Lipinski definition) is 7. The zero-order valence-electron chi connectivity index (χ0n) is 11.2. The van der Waals surface area contributed by atoms with Crippen LogP contribution >= 0.6 is 15.9 Å². The number of nitro groups is 1. The zero-order valence-corrected chi connectivity index (χ0v) is 12.7. The Balaban J connectivity index is 2.46. The summed E-state index contributed by atoms with van der Waals surface area (Å²) in [6.07, 6.45) is 0. The van der Waals surface area contributed by atoms with Crippen molar-refractivity contribution in [1.29, 1.82) is 0 Å². The average molecular weight is 355 g/mol. The monoisotopic (exact) mass is 354 g/mol. The molecule has 2 rings (SSSR count). The second-order valence-corrected chi connectivity index (χ2v) is 4.83. The molecule has 9 heteroatoms. The maximum Gasteiger partial charge on any atom is 0.352 e. The lowest BCUT2D eigenvalue weighted by atomic mass is 10.3. The van der Waals surface area contributed by atoms with E-state index in [0.29, 0.717) is 16.0 Å². The molecule has 0 unspecified atom stereocenters. The Bertz CT molecular complexity index is 708. The van der Waals surface area contributed by atoms with Gasteiger partial charge < -0.3 is 15.2 Å². The van der Waals surface area contributed by atoms with E-state index in [4.69, 9.17) is 15.2 Å². The molecule has 110 valence electrons. The lowest BCUT2D eigenvalue weighted by Crippen LogP contribution is -2.05. The van der Waals surface area contributed by atoms with Crippen molar-refractivity contribution >= 4 is 27.6 Å². The van der Waals surface area contributed by atoms with Gasteiger partial charge in [0.15, 0.2) is 0 Å². The van der Waals surface area contributed by atoms with Gasteiger partial charge in [0, 0.05) is 0 Å². The van der Waals surface area contributed by atoms with E-state index in [2.05, 4.69) is 25.9 Å². The number of benzene rings is 1. The van der Waals surface area contributed by atoms with E-state index in [1.165, 1.54) is 14.0 Å². The minimum absolute atomic E-state index is 0.0993. The first kappa shape index (κ1) is 15.0. The average Bonchev–Trinajstić information content (AvgIpc) is 2.39. The molecule has 0 bridgehead atoms. The van der Waals surface area contributed by atoms with Crippen molar-refractivity contribution in [3.8, 4) is 17.4 Å². The zero-order chi connectivity index (χ0) is 15.6. The highest BCUT2D eigenvalue weighted by molar-refractivity contribution is 9.10. The van der Waals surface area contributed by atoms with Gasteiger partial charge in [-0.3, -0.25) is 10.1 Å². The van der Waals surface area contributed by atoms with E-state index in [1.807, 2.05) is 0 Å². The molecule has 0 radical (unpaired) electrons. The summed E-state index contributed by atoms with van der Waals surface area (Å²) >= 11 is 3.29. The molecule has 21 heavy (non-hydrogen) atoms. The maximum absolute atomic E-state index is 11.1. The second kappa shape index (κ2) is 5.92.